The van der Waals surface area contributed by atoms with Crippen molar-refractivity contribution in [2.75, 3.05) is 25.9 Å². The summed E-state index contributed by atoms with van der Waals surface area (Å²) in [4.78, 5) is 21.7. The highest BCUT2D eigenvalue weighted by Crippen LogP contribution is 2.17. The van der Waals surface area contributed by atoms with E-state index in [9.17, 15) is 9.90 Å². The van der Waals surface area contributed by atoms with Crippen LogP contribution in [-0.2, 0) is 17.9 Å². The molecule has 1 aliphatic rings. The van der Waals surface area contributed by atoms with Crippen LogP contribution in [0.25, 0.3) is 0 Å². The first-order valence-electron chi connectivity index (χ1n) is 8.34. The average molecular weight is 357 g/mol. The quantitative estimate of drug-likeness (QED) is 0.830. The van der Waals surface area contributed by atoms with Crippen LogP contribution in [0.3, 0.4) is 0 Å². The molecule has 0 spiro atoms. The maximum Gasteiger partial charge on any atom is 0.237 e. The number of thioether (sulfide) groups is 1. The van der Waals surface area contributed by atoms with Crippen LogP contribution in [0.2, 0.25) is 0 Å². The van der Waals surface area contributed by atoms with E-state index < -0.39 is 6.10 Å². The highest BCUT2D eigenvalue weighted by atomic mass is 32.2. The number of nitrogens with zero attached hydrogens (tertiary/aromatic N) is 3. The molecule has 6 heteroatoms. The van der Waals surface area contributed by atoms with Crippen LogP contribution in [-0.4, -0.2) is 57.8 Å². The molecule has 3 rings (SSSR count). The molecule has 1 fully saturated rings. The molecule has 25 heavy (non-hydrogen) atoms. The van der Waals surface area contributed by atoms with Gasteiger partial charge in [-0.3, -0.25) is 14.7 Å². The zero-order valence-corrected chi connectivity index (χ0v) is 15.2. The lowest BCUT2D eigenvalue weighted by Crippen LogP contribution is -2.36. The molecule has 132 valence electrons. The Bertz CT molecular complexity index is 694. The largest absolute Gasteiger partial charge is 0.390 e. The molecule has 0 bridgehead atoms. The SMILES string of the molecule is CSc1ccc(CN2CC(=O)N(Cc3cccnc3)CC(O)C2)cc1. The van der Waals surface area contributed by atoms with Gasteiger partial charge < -0.3 is 10.0 Å². The highest BCUT2D eigenvalue weighted by Gasteiger charge is 2.26. The third kappa shape index (κ3) is 5.04. The average Bonchev–Trinajstić information content (AvgIpc) is 2.74. The Hall–Kier alpha value is -1.89. The van der Waals surface area contributed by atoms with Gasteiger partial charge >= 0.3 is 0 Å². The van der Waals surface area contributed by atoms with Gasteiger partial charge in [-0.15, -0.1) is 11.8 Å². The van der Waals surface area contributed by atoms with Gasteiger partial charge in [0.25, 0.3) is 0 Å². The third-order valence-electron chi connectivity index (χ3n) is 4.27. The molecular weight excluding hydrogens is 334 g/mol. The van der Waals surface area contributed by atoms with Gasteiger partial charge in [-0.05, 0) is 35.6 Å². The topological polar surface area (TPSA) is 56.7 Å². The standard InChI is InChI=1S/C19H23N3O2S/c1-25-18-6-4-15(5-7-18)10-21-12-17(23)13-22(19(24)14-21)11-16-3-2-8-20-9-16/h2-9,17,23H,10-14H2,1H3. The van der Waals surface area contributed by atoms with E-state index in [4.69, 9.17) is 0 Å². The second kappa shape index (κ2) is 8.47. The van der Waals surface area contributed by atoms with Gasteiger partial charge in [-0.25, -0.2) is 0 Å². The second-order valence-corrected chi connectivity index (χ2v) is 7.19. The molecule has 5 nitrogen and oxygen atoms in total. The number of amides is 1. The van der Waals surface area contributed by atoms with Crippen molar-refractivity contribution in [2.45, 2.75) is 24.1 Å². The summed E-state index contributed by atoms with van der Waals surface area (Å²) in [6.07, 6.45) is 4.98. The van der Waals surface area contributed by atoms with E-state index in [1.54, 1.807) is 29.1 Å². The van der Waals surface area contributed by atoms with Crippen molar-refractivity contribution in [3.63, 3.8) is 0 Å². The predicted molar refractivity (Wildman–Crippen MR) is 99.2 cm³/mol. The van der Waals surface area contributed by atoms with Crippen LogP contribution in [0.4, 0.5) is 0 Å². The van der Waals surface area contributed by atoms with E-state index in [0.717, 1.165) is 11.1 Å². The van der Waals surface area contributed by atoms with Crippen molar-refractivity contribution >= 4 is 17.7 Å². The summed E-state index contributed by atoms with van der Waals surface area (Å²) in [5.74, 6) is 0.0427. The molecular formula is C19H23N3O2S. The molecule has 1 atom stereocenters. The molecule has 0 aliphatic carbocycles. The molecule has 1 aromatic heterocycles. The minimum Gasteiger partial charge on any atom is -0.390 e. The Balaban J connectivity index is 1.64. The van der Waals surface area contributed by atoms with Gasteiger partial charge in [-0.1, -0.05) is 18.2 Å². The minimum absolute atomic E-state index is 0.0427. The van der Waals surface area contributed by atoms with Crippen LogP contribution >= 0.6 is 11.8 Å². The Labute approximate surface area is 152 Å². The van der Waals surface area contributed by atoms with E-state index in [2.05, 4.69) is 35.5 Å². The summed E-state index contributed by atoms with van der Waals surface area (Å²) in [5, 5.41) is 10.3. The van der Waals surface area contributed by atoms with Gasteiger partial charge in [0.15, 0.2) is 0 Å². The second-order valence-electron chi connectivity index (χ2n) is 6.31. The number of benzene rings is 1. The smallest absolute Gasteiger partial charge is 0.237 e. The lowest BCUT2D eigenvalue weighted by Gasteiger charge is -2.21. The van der Waals surface area contributed by atoms with Crippen LogP contribution < -0.4 is 0 Å². The molecule has 1 aliphatic heterocycles. The van der Waals surface area contributed by atoms with Gasteiger partial charge in [0.1, 0.15) is 0 Å². The molecule has 0 radical (unpaired) electrons. The van der Waals surface area contributed by atoms with Crippen molar-refractivity contribution in [2.24, 2.45) is 0 Å². The Kier molecular flexibility index (Phi) is 6.07. The van der Waals surface area contributed by atoms with Crippen molar-refractivity contribution in [3.8, 4) is 0 Å². The minimum atomic E-state index is -0.548. The van der Waals surface area contributed by atoms with Crippen LogP contribution in [0.5, 0.6) is 0 Å². The number of hydrogen-bond donors (Lipinski definition) is 1. The summed E-state index contributed by atoms with van der Waals surface area (Å²) >= 11 is 1.71. The molecule has 1 unspecified atom stereocenters. The number of aliphatic hydroxyl groups excluding tert-OH is 1. The number of carbonyl (C=O) groups excluding carboxylic acids is 1. The predicted octanol–water partition coefficient (Wildman–Crippen LogP) is 2.01. The van der Waals surface area contributed by atoms with Crippen LogP contribution in [0, 0.1) is 0 Å². The summed E-state index contributed by atoms with van der Waals surface area (Å²) in [6.45, 7) is 2.33. The first-order chi connectivity index (χ1) is 12.1. The van der Waals surface area contributed by atoms with Gasteiger partial charge in [-0.2, -0.15) is 0 Å². The summed E-state index contributed by atoms with van der Waals surface area (Å²) in [5.41, 5.74) is 2.13. The van der Waals surface area contributed by atoms with Gasteiger partial charge in [0, 0.05) is 43.5 Å². The Morgan fingerprint density at radius 3 is 2.64 bits per heavy atom. The van der Waals surface area contributed by atoms with E-state index in [1.165, 1.54) is 4.90 Å². The number of aromatic nitrogens is 1. The summed E-state index contributed by atoms with van der Waals surface area (Å²) < 4.78 is 0. The molecule has 1 amide bonds. The first kappa shape index (κ1) is 17.9. The van der Waals surface area contributed by atoms with E-state index in [-0.39, 0.29) is 5.91 Å². The van der Waals surface area contributed by atoms with Gasteiger partial charge in [0.2, 0.25) is 5.91 Å². The van der Waals surface area contributed by atoms with Crippen molar-refractivity contribution < 1.29 is 9.90 Å². The van der Waals surface area contributed by atoms with Crippen molar-refractivity contribution in [1.29, 1.82) is 0 Å². The van der Waals surface area contributed by atoms with Crippen LogP contribution in [0.1, 0.15) is 11.1 Å². The number of pyridine rings is 1. The van der Waals surface area contributed by atoms with E-state index >= 15 is 0 Å². The Morgan fingerprint density at radius 2 is 1.96 bits per heavy atom. The fourth-order valence-electron chi connectivity index (χ4n) is 3.04. The fourth-order valence-corrected chi connectivity index (χ4v) is 3.45. The number of rotatable bonds is 5. The number of aliphatic hydroxyl groups is 1. The highest BCUT2D eigenvalue weighted by molar-refractivity contribution is 7.98. The molecule has 1 N–H and O–H groups in total. The van der Waals surface area contributed by atoms with Crippen molar-refractivity contribution in [3.05, 3.63) is 59.9 Å². The normalized spacial score (nSPS) is 19.0. The number of β-amino-alcohol motifs (C(OH)–C–C–N with tert-alkyl or cyclic N) is 1. The zero-order chi connectivity index (χ0) is 17.6. The lowest BCUT2D eigenvalue weighted by atomic mass is 10.2. The molecule has 2 heterocycles. The monoisotopic (exact) mass is 357 g/mol. The van der Waals surface area contributed by atoms with Crippen LogP contribution in [0.15, 0.2) is 53.7 Å². The van der Waals surface area contributed by atoms with Crippen molar-refractivity contribution in [1.82, 2.24) is 14.8 Å². The summed E-state index contributed by atoms with van der Waals surface area (Å²) in [7, 11) is 0. The van der Waals surface area contributed by atoms with Gasteiger partial charge in [0.05, 0.1) is 12.6 Å². The molecule has 1 aromatic carbocycles. The number of hydrogen-bond acceptors (Lipinski definition) is 5. The van der Waals surface area contributed by atoms with E-state index in [1.807, 2.05) is 17.0 Å². The summed E-state index contributed by atoms with van der Waals surface area (Å²) in [6, 6.07) is 12.2. The third-order valence-corrected chi connectivity index (χ3v) is 5.02. The molecule has 1 saturated heterocycles. The fraction of sp³-hybridized carbons (Fsp3) is 0.368. The molecule has 2 aromatic rings. The maximum absolute atomic E-state index is 12.6. The lowest BCUT2D eigenvalue weighted by molar-refractivity contribution is -0.132. The first-order valence-corrected chi connectivity index (χ1v) is 9.56. The maximum atomic E-state index is 12.6. The molecule has 0 saturated carbocycles. The van der Waals surface area contributed by atoms with E-state index in [0.29, 0.717) is 32.7 Å². The zero-order valence-electron chi connectivity index (χ0n) is 14.3. The Morgan fingerprint density at radius 1 is 1.16 bits per heavy atom. The number of carbonyl (C=O) groups is 1.